The highest BCUT2D eigenvalue weighted by Gasteiger charge is 2.19. The van der Waals surface area contributed by atoms with E-state index in [1.54, 1.807) is 37.4 Å². The fourth-order valence-electron chi connectivity index (χ4n) is 3.18. The first-order valence-electron chi connectivity index (χ1n) is 10.5. The monoisotopic (exact) mass is 465 g/mol. The maximum Gasteiger partial charge on any atom is 0.265 e. The maximum absolute atomic E-state index is 13.1. The lowest BCUT2D eigenvalue weighted by Gasteiger charge is -2.22. The first kappa shape index (κ1) is 24.2. The Labute approximate surface area is 197 Å². The Balaban J connectivity index is 1.67. The van der Waals surface area contributed by atoms with Crippen LogP contribution in [0.1, 0.15) is 31.2 Å². The topological polar surface area (TPSA) is 87.7 Å². The van der Waals surface area contributed by atoms with Crippen molar-refractivity contribution in [2.24, 2.45) is 0 Å². The molecule has 0 fully saturated rings. The smallest absolute Gasteiger partial charge is 0.265 e. The van der Waals surface area contributed by atoms with Crippen LogP contribution in [0.3, 0.4) is 0 Å². The van der Waals surface area contributed by atoms with Crippen molar-refractivity contribution in [2.45, 2.75) is 13.8 Å². The molecule has 2 N–H and O–H groups in total. The Morgan fingerprint density at radius 1 is 0.970 bits per heavy atom. The fraction of sp³-hybridized carbons (Fsp3) is 0.240. The first-order valence-corrected chi connectivity index (χ1v) is 11.4. The quantitative estimate of drug-likeness (QED) is 0.492. The lowest BCUT2D eigenvalue weighted by atomic mass is 10.1. The largest absolute Gasteiger partial charge is 0.383 e. The van der Waals surface area contributed by atoms with Crippen LogP contribution in [0.15, 0.2) is 60.0 Å². The second kappa shape index (κ2) is 11.4. The number of methoxy groups -OCH3 is 1. The molecule has 0 aliphatic carbocycles. The Bertz CT molecular complexity index is 1110. The molecule has 0 unspecified atom stereocenters. The predicted molar refractivity (Wildman–Crippen MR) is 131 cm³/mol. The number of benzene rings is 2. The van der Waals surface area contributed by atoms with E-state index in [-0.39, 0.29) is 30.8 Å². The standard InChI is InChI=1S/C25H27N3O4S/c1-17-6-4-7-21(18(17)2)27-23(29)16-28(13-14-32-3)25(31)19-9-11-20(12-10-19)26-24(30)22-8-5-15-33-22/h4-12,15H,13-14,16H2,1-3H3,(H,26,30)(H,27,29). The number of anilines is 2. The van der Waals surface area contributed by atoms with Gasteiger partial charge in [-0.05, 0) is 66.8 Å². The van der Waals surface area contributed by atoms with Gasteiger partial charge in [0.1, 0.15) is 6.54 Å². The summed E-state index contributed by atoms with van der Waals surface area (Å²) >= 11 is 1.35. The van der Waals surface area contributed by atoms with Crippen molar-refractivity contribution in [1.82, 2.24) is 4.90 Å². The van der Waals surface area contributed by atoms with Gasteiger partial charge in [-0.2, -0.15) is 0 Å². The van der Waals surface area contributed by atoms with Crippen LogP contribution in [-0.4, -0.2) is 49.4 Å². The average Bonchev–Trinajstić information content (AvgIpc) is 3.35. The summed E-state index contributed by atoms with van der Waals surface area (Å²) in [4.78, 5) is 40.0. The summed E-state index contributed by atoms with van der Waals surface area (Å²) in [6, 6.07) is 15.9. The molecule has 1 aromatic heterocycles. The van der Waals surface area contributed by atoms with Gasteiger partial charge in [0.05, 0.1) is 11.5 Å². The van der Waals surface area contributed by atoms with Crippen molar-refractivity contribution >= 4 is 40.4 Å². The van der Waals surface area contributed by atoms with E-state index in [1.165, 1.54) is 16.2 Å². The minimum absolute atomic E-state index is 0.105. The number of amides is 3. The molecule has 0 bridgehead atoms. The zero-order valence-corrected chi connectivity index (χ0v) is 19.7. The SMILES string of the molecule is COCCN(CC(=O)Nc1cccc(C)c1C)C(=O)c1ccc(NC(=O)c2cccs2)cc1. The maximum atomic E-state index is 13.1. The van der Waals surface area contributed by atoms with Gasteiger partial charge in [0.2, 0.25) is 5.91 Å². The van der Waals surface area contributed by atoms with Crippen molar-refractivity contribution in [3.63, 3.8) is 0 Å². The number of hydrogen-bond donors (Lipinski definition) is 2. The van der Waals surface area contributed by atoms with Gasteiger partial charge in [-0.1, -0.05) is 18.2 Å². The van der Waals surface area contributed by atoms with E-state index in [0.717, 1.165) is 16.8 Å². The second-order valence-corrected chi connectivity index (χ2v) is 8.47. The number of thiophene rings is 1. The van der Waals surface area contributed by atoms with Crippen molar-refractivity contribution in [1.29, 1.82) is 0 Å². The molecule has 2 aromatic carbocycles. The molecule has 172 valence electrons. The van der Waals surface area contributed by atoms with E-state index in [1.807, 2.05) is 43.5 Å². The van der Waals surface area contributed by atoms with Crippen LogP contribution in [0.2, 0.25) is 0 Å². The van der Waals surface area contributed by atoms with E-state index in [2.05, 4.69) is 10.6 Å². The van der Waals surface area contributed by atoms with Crippen molar-refractivity contribution < 1.29 is 19.1 Å². The number of ether oxygens (including phenoxy) is 1. The van der Waals surface area contributed by atoms with Crippen LogP contribution in [0.4, 0.5) is 11.4 Å². The van der Waals surface area contributed by atoms with E-state index in [4.69, 9.17) is 4.74 Å². The summed E-state index contributed by atoms with van der Waals surface area (Å²) in [7, 11) is 1.55. The van der Waals surface area contributed by atoms with Crippen LogP contribution in [0, 0.1) is 13.8 Å². The van der Waals surface area contributed by atoms with Crippen molar-refractivity contribution in [3.8, 4) is 0 Å². The highest BCUT2D eigenvalue weighted by atomic mass is 32.1. The van der Waals surface area contributed by atoms with Crippen molar-refractivity contribution in [3.05, 3.63) is 81.5 Å². The molecular formula is C25H27N3O4S. The molecule has 3 aromatic rings. The summed E-state index contributed by atoms with van der Waals surface area (Å²) in [6.07, 6.45) is 0. The minimum Gasteiger partial charge on any atom is -0.383 e. The van der Waals surface area contributed by atoms with Crippen LogP contribution in [0.25, 0.3) is 0 Å². The summed E-state index contributed by atoms with van der Waals surface area (Å²) in [5.74, 6) is -0.777. The van der Waals surface area contributed by atoms with Gasteiger partial charge in [-0.3, -0.25) is 14.4 Å². The molecule has 1 heterocycles. The molecule has 0 saturated carbocycles. The Kier molecular flexibility index (Phi) is 8.34. The van der Waals surface area contributed by atoms with Crippen LogP contribution in [0.5, 0.6) is 0 Å². The summed E-state index contributed by atoms with van der Waals surface area (Å²) in [6.45, 7) is 4.39. The number of aryl methyl sites for hydroxylation is 1. The van der Waals surface area contributed by atoms with Crippen LogP contribution in [-0.2, 0) is 9.53 Å². The second-order valence-electron chi connectivity index (χ2n) is 7.52. The van der Waals surface area contributed by atoms with E-state index >= 15 is 0 Å². The number of carbonyl (C=O) groups is 3. The molecule has 3 rings (SSSR count). The number of rotatable bonds is 9. The number of nitrogens with zero attached hydrogens (tertiary/aromatic N) is 1. The van der Waals surface area contributed by atoms with Crippen LogP contribution >= 0.6 is 11.3 Å². The fourth-order valence-corrected chi connectivity index (χ4v) is 3.80. The lowest BCUT2D eigenvalue weighted by molar-refractivity contribution is -0.117. The van der Waals surface area contributed by atoms with Gasteiger partial charge >= 0.3 is 0 Å². The Hall–Kier alpha value is -3.49. The molecule has 3 amide bonds. The van der Waals surface area contributed by atoms with Gasteiger partial charge in [0, 0.05) is 30.6 Å². The molecule has 7 nitrogen and oxygen atoms in total. The zero-order valence-electron chi connectivity index (χ0n) is 18.9. The summed E-state index contributed by atoms with van der Waals surface area (Å²) in [5, 5.41) is 7.53. The molecule has 8 heteroatoms. The van der Waals surface area contributed by atoms with Gasteiger partial charge in [0.25, 0.3) is 11.8 Å². The highest BCUT2D eigenvalue weighted by molar-refractivity contribution is 7.12. The molecular weight excluding hydrogens is 438 g/mol. The number of hydrogen-bond acceptors (Lipinski definition) is 5. The molecule has 0 aliphatic heterocycles. The molecule has 0 spiro atoms. The van der Waals surface area contributed by atoms with E-state index < -0.39 is 0 Å². The zero-order chi connectivity index (χ0) is 23.8. The predicted octanol–water partition coefficient (Wildman–Crippen LogP) is 4.34. The number of carbonyl (C=O) groups excluding carboxylic acids is 3. The number of nitrogens with one attached hydrogen (secondary N) is 2. The molecule has 33 heavy (non-hydrogen) atoms. The average molecular weight is 466 g/mol. The Morgan fingerprint density at radius 2 is 1.73 bits per heavy atom. The third-order valence-corrected chi connectivity index (χ3v) is 6.07. The third kappa shape index (κ3) is 6.50. The molecule has 0 radical (unpaired) electrons. The van der Waals surface area contributed by atoms with Gasteiger partial charge in [0.15, 0.2) is 0 Å². The van der Waals surface area contributed by atoms with Gasteiger partial charge in [-0.25, -0.2) is 0 Å². The van der Waals surface area contributed by atoms with Gasteiger partial charge in [-0.15, -0.1) is 11.3 Å². The minimum atomic E-state index is -0.292. The lowest BCUT2D eigenvalue weighted by Crippen LogP contribution is -2.40. The molecule has 0 atom stereocenters. The van der Waals surface area contributed by atoms with Crippen LogP contribution < -0.4 is 10.6 Å². The van der Waals surface area contributed by atoms with E-state index in [9.17, 15) is 14.4 Å². The third-order valence-electron chi connectivity index (χ3n) is 5.20. The summed E-state index contributed by atoms with van der Waals surface area (Å²) in [5.41, 5.74) is 3.79. The highest BCUT2D eigenvalue weighted by Crippen LogP contribution is 2.18. The molecule has 0 aliphatic rings. The van der Waals surface area contributed by atoms with Crippen molar-refractivity contribution in [2.75, 3.05) is 37.4 Å². The normalized spacial score (nSPS) is 10.5. The molecule has 0 saturated heterocycles. The first-order chi connectivity index (χ1) is 15.9. The Morgan fingerprint density at radius 3 is 2.39 bits per heavy atom. The summed E-state index contributed by atoms with van der Waals surface area (Å²) < 4.78 is 5.12. The van der Waals surface area contributed by atoms with Gasteiger partial charge < -0.3 is 20.3 Å². The van der Waals surface area contributed by atoms with E-state index in [0.29, 0.717) is 22.7 Å².